The number of hydrogen-bond donors (Lipinski definition) is 1. The van der Waals surface area contributed by atoms with E-state index < -0.39 is 5.97 Å². The van der Waals surface area contributed by atoms with E-state index in [1.54, 1.807) is 0 Å². The molecule has 0 radical (unpaired) electrons. The fourth-order valence-corrected chi connectivity index (χ4v) is 3.13. The summed E-state index contributed by atoms with van der Waals surface area (Å²) >= 11 is 6.08. The molecule has 24 heavy (non-hydrogen) atoms. The summed E-state index contributed by atoms with van der Waals surface area (Å²) < 4.78 is 0. The van der Waals surface area contributed by atoms with Crippen LogP contribution in [0.3, 0.4) is 0 Å². The molecule has 1 fully saturated rings. The van der Waals surface area contributed by atoms with Gasteiger partial charge in [0.2, 0.25) is 0 Å². The van der Waals surface area contributed by atoms with Gasteiger partial charge in [-0.1, -0.05) is 30.7 Å². The number of carbonyl (C=O) groups is 1. The molecule has 1 aromatic carbocycles. The zero-order valence-corrected chi connectivity index (χ0v) is 14.3. The summed E-state index contributed by atoms with van der Waals surface area (Å²) in [7, 11) is 0. The molecule has 0 unspecified atom stereocenters. The monoisotopic (exact) mass is 345 g/mol. The summed E-state index contributed by atoms with van der Waals surface area (Å²) in [5.41, 5.74) is 1.86. The lowest BCUT2D eigenvalue weighted by Crippen LogP contribution is -2.37. The van der Waals surface area contributed by atoms with E-state index in [9.17, 15) is 4.79 Å². The highest BCUT2D eigenvalue weighted by Gasteiger charge is 2.25. The second kappa shape index (κ2) is 7.18. The summed E-state index contributed by atoms with van der Waals surface area (Å²) in [4.78, 5) is 22.6. The van der Waals surface area contributed by atoms with E-state index >= 15 is 0 Å². The van der Waals surface area contributed by atoms with Crippen LogP contribution in [0.2, 0.25) is 5.02 Å². The number of anilines is 1. The number of halogens is 1. The van der Waals surface area contributed by atoms with Crippen LogP contribution in [0.4, 0.5) is 5.82 Å². The summed E-state index contributed by atoms with van der Waals surface area (Å²) in [6, 6.07) is 9.51. The Morgan fingerprint density at radius 3 is 2.67 bits per heavy atom. The molecule has 0 bridgehead atoms. The number of nitrogens with zero attached hydrogens (tertiary/aromatic N) is 3. The van der Waals surface area contributed by atoms with Gasteiger partial charge < -0.3 is 10.0 Å². The lowest BCUT2D eigenvalue weighted by molar-refractivity contribution is -0.142. The van der Waals surface area contributed by atoms with Crippen molar-refractivity contribution in [2.75, 3.05) is 18.0 Å². The molecule has 2 heterocycles. The molecule has 0 atom stereocenters. The van der Waals surface area contributed by atoms with E-state index in [-0.39, 0.29) is 5.92 Å². The molecule has 0 saturated carbocycles. The highest BCUT2D eigenvalue weighted by atomic mass is 35.5. The number of carboxylic acids is 1. The van der Waals surface area contributed by atoms with E-state index in [1.165, 1.54) is 0 Å². The Labute approximate surface area is 146 Å². The largest absolute Gasteiger partial charge is 0.481 e. The maximum atomic E-state index is 11.1. The van der Waals surface area contributed by atoms with Gasteiger partial charge in [0.05, 0.1) is 5.92 Å². The van der Waals surface area contributed by atoms with Gasteiger partial charge in [-0.3, -0.25) is 4.79 Å². The SMILES string of the molecule is CCc1cc(N2CCC(C(=O)O)CC2)nc(-c2cccc(Cl)c2)n1. The predicted octanol–water partition coefficient (Wildman–Crippen LogP) is 3.66. The number of aromatic nitrogens is 2. The first kappa shape index (κ1) is 16.7. The van der Waals surface area contributed by atoms with Gasteiger partial charge in [-0.25, -0.2) is 9.97 Å². The average Bonchev–Trinajstić information content (AvgIpc) is 2.61. The average molecular weight is 346 g/mol. The van der Waals surface area contributed by atoms with Crippen LogP contribution < -0.4 is 4.90 Å². The third-order valence-electron chi connectivity index (χ3n) is 4.38. The maximum absolute atomic E-state index is 11.1. The topological polar surface area (TPSA) is 66.3 Å². The predicted molar refractivity (Wildman–Crippen MR) is 94.4 cm³/mol. The van der Waals surface area contributed by atoms with Gasteiger partial charge in [-0.05, 0) is 31.4 Å². The van der Waals surface area contributed by atoms with E-state index in [0.29, 0.717) is 36.8 Å². The quantitative estimate of drug-likeness (QED) is 0.916. The van der Waals surface area contributed by atoms with Crippen LogP contribution in [0.25, 0.3) is 11.4 Å². The fourth-order valence-electron chi connectivity index (χ4n) is 2.94. The Bertz CT molecular complexity index is 743. The number of aliphatic carboxylic acids is 1. The zero-order valence-electron chi connectivity index (χ0n) is 13.6. The highest BCUT2D eigenvalue weighted by Crippen LogP contribution is 2.26. The molecule has 6 heteroatoms. The molecule has 3 rings (SSSR count). The van der Waals surface area contributed by atoms with Gasteiger partial charge in [0.25, 0.3) is 0 Å². The number of rotatable bonds is 4. The lowest BCUT2D eigenvalue weighted by Gasteiger charge is -2.31. The molecule has 1 N–H and O–H groups in total. The minimum atomic E-state index is -0.703. The molecule has 5 nitrogen and oxygen atoms in total. The van der Waals surface area contributed by atoms with Gasteiger partial charge in [0, 0.05) is 35.4 Å². The first-order chi connectivity index (χ1) is 11.6. The third kappa shape index (κ3) is 3.67. The molecule has 0 aliphatic carbocycles. The molecule has 1 aliphatic rings. The smallest absolute Gasteiger partial charge is 0.306 e. The molecule has 1 saturated heterocycles. The van der Waals surface area contributed by atoms with Crippen LogP contribution in [0.1, 0.15) is 25.5 Å². The number of carboxylic acid groups (broad SMARTS) is 1. The molecule has 1 aliphatic heterocycles. The van der Waals surface area contributed by atoms with E-state index in [1.807, 2.05) is 30.3 Å². The molecule has 0 spiro atoms. The van der Waals surface area contributed by atoms with E-state index in [2.05, 4.69) is 16.8 Å². The number of benzene rings is 1. The number of piperidine rings is 1. The highest BCUT2D eigenvalue weighted by molar-refractivity contribution is 6.30. The number of aryl methyl sites for hydroxylation is 1. The Balaban J connectivity index is 1.89. The second-order valence-corrected chi connectivity index (χ2v) is 6.44. The Kier molecular flexibility index (Phi) is 5.00. The normalized spacial score (nSPS) is 15.5. The minimum Gasteiger partial charge on any atom is -0.481 e. The summed E-state index contributed by atoms with van der Waals surface area (Å²) in [6.45, 7) is 3.46. The van der Waals surface area contributed by atoms with Crippen molar-refractivity contribution in [1.29, 1.82) is 0 Å². The van der Waals surface area contributed by atoms with Crippen LogP contribution in [0.15, 0.2) is 30.3 Å². The summed E-state index contributed by atoms with van der Waals surface area (Å²) in [6.07, 6.45) is 2.11. The zero-order chi connectivity index (χ0) is 17.1. The first-order valence-corrected chi connectivity index (χ1v) is 8.56. The van der Waals surface area contributed by atoms with Crippen LogP contribution in [0, 0.1) is 5.92 Å². The Morgan fingerprint density at radius 2 is 2.04 bits per heavy atom. The van der Waals surface area contributed by atoms with Crippen LogP contribution in [-0.4, -0.2) is 34.1 Å². The van der Waals surface area contributed by atoms with E-state index in [4.69, 9.17) is 21.7 Å². The van der Waals surface area contributed by atoms with Crippen molar-refractivity contribution in [3.05, 3.63) is 41.0 Å². The molecule has 126 valence electrons. The molecular formula is C18H20ClN3O2. The van der Waals surface area contributed by atoms with Gasteiger partial charge in [0.1, 0.15) is 5.82 Å². The minimum absolute atomic E-state index is 0.249. The summed E-state index contributed by atoms with van der Waals surface area (Å²) in [5, 5.41) is 9.79. The molecule has 0 amide bonds. The van der Waals surface area contributed by atoms with Crippen molar-refractivity contribution in [3.63, 3.8) is 0 Å². The standard InChI is InChI=1S/C18H20ClN3O2/c1-2-15-11-16(22-8-6-12(7-9-22)18(23)24)21-17(20-15)13-4-3-5-14(19)10-13/h3-5,10-12H,2,6-9H2,1H3,(H,23,24). The van der Waals surface area contributed by atoms with Crippen LogP contribution >= 0.6 is 11.6 Å². The first-order valence-electron chi connectivity index (χ1n) is 8.18. The van der Waals surface area contributed by atoms with Gasteiger partial charge >= 0.3 is 5.97 Å². The van der Waals surface area contributed by atoms with Crippen LogP contribution in [0.5, 0.6) is 0 Å². The third-order valence-corrected chi connectivity index (χ3v) is 4.61. The van der Waals surface area contributed by atoms with Gasteiger partial charge in [-0.2, -0.15) is 0 Å². The van der Waals surface area contributed by atoms with Crippen molar-refractivity contribution in [3.8, 4) is 11.4 Å². The lowest BCUT2D eigenvalue weighted by atomic mass is 9.97. The summed E-state index contributed by atoms with van der Waals surface area (Å²) in [5.74, 6) is 0.570. The van der Waals surface area contributed by atoms with Crippen molar-refractivity contribution in [2.24, 2.45) is 5.92 Å². The number of hydrogen-bond acceptors (Lipinski definition) is 4. The molecular weight excluding hydrogens is 326 g/mol. The molecule has 2 aromatic rings. The van der Waals surface area contributed by atoms with Gasteiger partial charge in [0.15, 0.2) is 5.82 Å². The van der Waals surface area contributed by atoms with E-state index in [0.717, 1.165) is 23.5 Å². The van der Waals surface area contributed by atoms with Gasteiger partial charge in [-0.15, -0.1) is 0 Å². The van der Waals surface area contributed by atoms with Crippen molar-refractivity contribution in [2.45, 2.75) is 26.2 Å². The Hall–Kier alpha value is -2.14. The van der Waals surface area contributed by atoms with Crippen molar-refractivity contribution in [1.82, 2.24) is 9.97 Å². The Morgan fingerprint density at radius 1 is 1.29 bits per heavy atom. The van der Waals surface area contributed by atoms with Crippen LogP contribution in [-0.2, 0) is 11.2 Å². The van der Waals surface area contributed by atoms with Crippen molar-refractivity contribution >= 4 is 23.4 Å². The fraction of sp³-hybridized carbons (Fsp3) is 0.389. The second-order valence-electron chi connectivity index (χ2n) is 6.00. The molecule has 1 aromatic heterocycles. The maximum Gasteiger partial charge on any atom is 0.306 e. The van der Waals surface area contributed by atoms with Crippen molar-refractivity contribution < 1.29 is 9.90 Å².